The molecule has 24 heavy (non-hydrogen) atoms. The van der Waals surface area contributed by atoms with E-state index in [4.69, 9.17) is 4.74 Å². The number of carbonyl (C=O) groups is 2. The van der Waals surface area contributed by atoms with Gasteiger partial charge in [-0.2, -0.15) is 0 Å². The van der Waals surface area contributed by atoms with Crippen molar-refractivity contribution in [1.82, 2.24) is 5.32 Å². The van der Waals surface area contributed by atoms with Crippen LogP contribution in [0.5, 0.6) is 5.75 Å². The second kappa shape index (κ2) is 6.92. The van der Waals surface area contributed by atoms with Crippen LogP contribution < -0.4 is 20.7 Å². The highest BCUT2D eigenvalue weighted by Gasteiger charge is 2.23. The topological polar surface area (TPSA) is 79.5 Å². The minimum absolute atomic E-state index is 0.0879. The van der Waals surface area contributed by atoms with Gasteiger partial charge in [0.1, 0.15) is 11.8 Å². The lowest BCUT2D eigenvalue weighted by atomic mass is 10.2. The van der Waals surface area contributed by atoms with E-state index in [0.29, 0.717) is 18.0 Å². The van der Waals surface area contributed by atoms with Crippen molar-refractivity contribution in [2.75, 3.05) is 10.6 Å². The SMILES string of the molecule is CC(Nc1ccc2c(c1)NC(=O)C(C)O2)C(=O)NCc1cccs1. The predicted octanol–water partition coefficient (Wildman–Crippen LogP) is 2.58. The molecule has 0 aliphatic carbocycles. The molecule has 1 aromatic heterocycles. The largest absolute Gasteiger partial charge is 0.479 e. The summed E-state index contributed by atoms with van der Waals surface area (Å²) in [5, 5.41) is 10.8. The molecule has 1 aliphatic heterocycles. The summed E-state index contributed by atoms with van der Waals surface area (Å²) in [6.07, 6.45) is -0.502. The number of fused-ring (bicyclic) bond motifs is 1. The number of carbonyl (C=O) groups excluding carboxylic acids is 2. The summed E-state index contributed by atoms with van der Waals surface area (Å²) in [5.41, 5.74) is 1.35. The van der Waals surface area contributed by atoms with Gasteiger partial charge in [-0.3, -0.25) is 9.59 Å². The molecule has 2 atom stereocenters. The van der Waals surface area contributed by atoms with E-state index < -0.39 is 12.1 Å². The van der Waals surface area contributed by atoms with E-state index in [1.165, 1.54) is 0 Å². The zero-order chi connectivity index (χ0) is 17.1. The van der Waals surface area contributed by atoms with Crippen molar-refractivity contribution in [2.45, 2.75) is 32.5 Å². The fraction of sp³-hybridized carbons (Fsp3) is 0.294. The second-order valence-electron chi connectivity index (χ2n) is 5.62. The lowest BCUT2D eigenvalue weighted by Gasteiger charge is -2.24. The highest BCUT2D eigenvalue weighted by atomic mass is 32.1. The van der Waals surface area contributed by atoms with Gasteiger partial charge in [-0.05, 0) is 43.5 Å². The van der Waals surface area contributed by atoms with Crippen molar-refractivity contribution < 1.29 is 14.3 Å². The van der Waals surface area contributed by atoms with Crippen LogP contribution in [0.25, 0.3) is 0 Å². The molecule has 6 nitrogen and oxygen atoms in total. The maximum atomic E-state index is 12.2. The van der Waals surface area contributed by atoms with Crippen LogP contribution in [0, 0.1) is 0 Å². The standard InChI is InChI=1S/C17H19N3O3S/c1-10(16(21)18-9-13-4-3-7-24-13)19-12-5-6-15-14(8-12)20-17(22)11(2)23-15/h3-8,10-11,19H,9H2,1-2H3,(H,18,21)(H,20,22). The third-order valence-corrected chi connectivity index (χ3v) is 4.58. The lowest BCUT2D eigenvalue weighted by molar-refractivity contribution is -0.123. The first kappa shape index (κ1) is 16.3. The van der Waals surface area contributed by atoms with E-state index in [2.05, 4.69) is 16.0 Å². The number of benzene rings is 1. The first-order valence-corrected chi connectivity index (χ1v) is 8.59. The molecule has 7 heteroatoms. The average molecular weight is 345 g/mol. The van der Waals surface area contributed by atoms with Crippen LogP contribution in [-0.2, 0) is 16.1 Å². The maximum absolute atomic E-state index is 12.2. The smallest absolute Gasteiger partial charge is 0.265 e. The van der Waals surface area contributed by atoms with E-state index in [9.17, 15) is 9.59 Å². The number of rotatable bonds is 5. The molecule has 1 aromatic carbocycles. The average Bonchev–Trinajstić information content (AvgIpc) is 3.07. The normalized spacial score (nSPS) is 17.2. The molecule has 2 heterocycles. The Hall–Kier alpha value is -2.54. The minimum atomic E-state index is -0.502. The van der Waals surface area contributed by atoms with E-state index in [1.54, 1.807) is 37.3 Å². The summed E-state index contributed by atoms with van der Waals surface area (Å²) < 4.78 is 5.51. The lowest BCUT2D eigenvalue weighted by Crippen LogP contribution is -2.37. The van der Waals surface area contributed by atoms with Gasteiger partial charge in [0.2, 0.25) is 5.91 Å². The first-order valence-electron chi connectivity index (χ1n) is 7.71. The zero-order valence-electron chi connectivity index (χ0n) is 13.5. The van der Waals surface area contributed by atoms with E-state index in [1.807, 2.05) is 23.6 Å². The molecular formula is C17H19N3O3S. The molecule has 3 rings (SSSR count). The maximum Gasteiger partial charge on any atom is 0.265 e. The highest BCUT2D eigenvalue weighted by molar-refractivity contribution is 7.09. The Morgan fingerprint density at radius 1 is 1.42 bits per heavy atom. The van der Waals surface area contributed by atoms with Crippen LogP contribution in [0.2, 0.25) is 0 Å². The molecule has 2 aromatic rings. The van der Waals surface area contributed by atoms with Gasteiger partial charge in [0, 0.05) is 10.6 Å². The number of nitrogens with one attached hydrogen (secondary N) is 3. The number of amides is 2. The summed E-state index contributed by atoms with van der Waals surface area (Å²) in [5.74, 6) is 0.360. The van der Waals surface area contributed by atoms with Crippen molar-refractivity contribution >= 4 is 34.5 Å². The Kier molecular flexibility index (Phi) is 4.71. The first-order chi connectivity index (χ1) is 11.5. The van der Waals surface area contributed by atoms with Gasteiger partial charge in [-0.15, -0.1) is 11.3 Å². The van der Waals surface area contributed by atoms with E-state index in [0.717, 1.165) is 10.6 Å². The number of ether oxygens (including phenoxy) is 1. The number of hydrogen-bond donors (Lipinski definition) is 3. The molecule has 126 valence electrons. The molecular weight excluding hydrogens is 326 g/mol. The molecule has 1 aliphatic rings. The van der Waals surface area contributed by atoms with E-state index >= 15 is 0 Å². The third-order valence-electron chi connectivity index (χ3n) is 3.70. The van der Waals surface area contributed by atoms with Crippen LogP contribution in [0.1, 0.15) is 18.7 Å². The van der Waals surface area contributed by atoms with Gasteiger partial charge in [0.05, 0.1) is 12.2 Å². The van der Waals surface area contributed by atoms with Crippen molar-refractivity contribution in [2.24, 2.45) is 0 Å². The monoisotopic (exact) mass is 345 g/mol. The van der Waals surface area contributed by atoms with Crippen molar-refractivity contribution in [3.8, 4) is 5.75 Å². The Balaban J connectivity index is 1.60. The molecule has 2 unspecified atom stereocenters. The van der Waals surface area contributed by atoms with Crippen molar-refractivity contribution in [3.63, 3.8) is 0 Å². The van der Waals surface area contributed by atoms with Gasteiger partial charge in [-0.1, -0.05) is 6.07 Å². The van der Waals surface area contributed by atoms with Gasteiger partial charge in [0.15, 0.2) is 6.10 Å². The van der Waals surface area contributed by atoms with Gasteiger partial charge >= 0.3 is 0 Å². The molecule has 0 radical (unpaired) electrons. The number of hydrogen-bond acceptors (Lipinski definition) is 5. The molecule has 0 spiro atoms. The van der Waals surface area contributed by atoms with Crippen LogP contribution in [0.4, 0.5) is 11.4 Å². The van der Waals surface area contributed by atoms with Crippen LogP contribution in [0.15, 0.2) is 35.7 Å². The summed E-state index contributed by atoms with van der Waals surface area (Å²) in [6.45, 7) is 4.01. The highest BCUT2D eigenvalue weighted by Crippen LogP contribution is 2.32. The Morgan fingerprint density at radius 2 is 2.25 bits per heavy atom. The van der Waals surface area contributed by atoms with Gasteiger partial charge < -0.3 is 20.7 Å². The second-order valence-corrected chi connectivity index (χ2v) is 6.66. The Bertz CT molecular complexity index is 746. The zero-order valence-corrected chi connectivity index (χ0v) is 14.3. The molecule has 0 saturated heterocycles. The predicted molar refractivity (Wildman–Crippen MR) is 94.4 cm³/mol. The third kappa shape index (κ3) is 3.68. The molecule has 0 fully saturated rings. The molecule has 0 saturated carbocycles. The van der Waals surface area contributed by atoms with Crippen LogP contribution >= 0.6 is 11.3 Å². The fourth-order valence-electron chi connectivity index (χ4n) is 2.35. The minimum Gasteiger partial charge on any atom is -0.479 e. The Morgan fingerprint density at radius 3 is 3.00 bits per heavy atom. The molecule has 2 amide bonds. The number of anilines is 2. The quantitative estimate of drug-likeness (QED) is 0.778. The summed E-state index contributed by atoms with van der Waals surface area (Å²) >= 11 is 1.61. The van der Waals surface area contributed by atoms with Crippen molar-refractivity contribution in [1.29, 1.82) is 0 Å². The Labute approximate surface area is 144 Å². The summed E-state index contributed by atoms with van der Waals surface area (Å²) in [6, 6.07) is 8.91. The van der Waals surface area contributed by atoms with E-state index in [-0.39, 0.29) is 11.8 Å². The van der Waals surface area contributed by atoms with Crippen LogP contribution in [-0.4, -0.2) is 24.0 Å². The van der Waals surface area contributed by atoms with Gasteiger partial charge in [-0.25, -0.2) is 0 Å². The van der Waals surface area contributed by atoms with Gasteiger partial charge in [0.25, 0.3) is 5.91 Å². The molecule has 0 bridgehead atoms. The fourth-order valence-corrected chi connectivity index (χ4v) is 3.00. The summed E-state index contributed by atoms with van der Waals surface area (Å²) in [4.78, 5) is 24.9. The summed E-state index contributed by atoms with van der Waals surface area (Å²) in [7, 11) is 0. The number of thiophene rings is 1. The molecule has 3 N–H and O–H groups in total. The van der Waals surface area contributed by atoms with Crippen LogP contribution in [0.3, 0.4) is 0 Å². The van der Waals surface area contributed by atoms with Crippen molar-refractivity contribution in [3.05, 3.63) is 40.6 Å².